The van der Waals surface area contributed by atoms with Crippen molar-refractivity contribution in [3.63, 3.8) is 0 Å². The molecule has 0 aromatic heterocycles. The van der Waals surface area contributed by atoms with E-state index in [9.17, 15) is 9.59 Å². The Labute approximate surface area is 95.8 Å². The molecule has 0 aromatic carbocycles. The van der Waals surface area contributed by atoms with Gasteiger partial charge in [0.25, 0.3) is 0 Å². The number of amides is 2. The highest BCUT2D eigenvalue weighted by atomic mass is 16.2. The summed E-state index contributed by atoms with van der Waals surface area (Å²) in [6, 6.07) is 0.420. The lowest BCUT2D eigenvalue weighted by atomic mass is 10.0. The molecular formula is C11H19N3O2. The number of likely N-dealkylation sites (tertiary alicyclic amines) is 1. The minimum Gasteiger partial charge on any atom is -0.345 e. The van der Waals surface area contributed by atoms with E-state index in [-0.39, 0.29) is 24.9 Å². The molecule has 1 unspecified atom stereocenters. The molecule has 0 bridgehead atoms. The van der Waals surface area contributed by atoms with Crippen LogP contribution in [0.1, 0.15) is 19.3 Å². The van der Waals surface area contributed by atoms with Gasteiger partial charge in [-0.25, -0.2) is 0 Å². The first kappa shape index (κ1) is 11.4. The first-order chi connectivity index (χ1) is 7.66. The van der Waals surface area contributed by atoms with E-state index in [2.05, 4.69) is 17.3 Å². The van der Waals surface area contributed by atoms with E-state index in [1.165, 1.54) is 12.8 Å². The van der Waals surface area contributed by atoms with Crippen LogP contribution in [0.3, 0.4) is 0 Å². The molecule has 0 spiro atoms. The van der Waals surface area contributed by atoms with E-state index in [0.29, 0.717) is 12.6 Å². The average molecular weight is 225 g/mol. The van der Waals surface area contributed by atoms with Crippen molar-refractivity contribution < 1.29 is 9.59 Å². The smallest absolute Gasteiger partial charge is 0.242 e. The van der Waals surface area contributed by atoms with E-state index in [1.807, 2.05) is 0 Å². The zero-order chi connectivity index (χ0) is 11.5. The maximum absolute atomic E-state index is 11.6. The highest BCUT2D eigenvalue weighted by molar-refractivity contribution is 5.92. The van der Waals surface area contributed by atoms with Gasteiger partial charge in [0, 0.05) is 12.6 Å². The van der Waals surface area contributed by atoms with Gasteiger partial charge >= 0.3 is 0 Å². The fourth-order valence-corrected chi connectivity index (χ4v) is 2.40. The van der Waals surface area contributed by atoms with Crippen molar-refractivity contribution in [3.8, 4) is 0 Å². The van der Waals surface area contributed by atoms with Gasteiger partial charge < -0.3 is 15.1 Å². The molecule has 1 atom stereocenters. The Kier molecular flexibility index (Phi) is 3.43. The molecule has 0 saturated carbocycles. The predicted molar refractivity (Wildman–Crippen MR) is 59.9 cm³/mol. The maximum atomic E-state index is 11.6. The van der Waals surface area contributed by atoms with Crippen molar-refractivity contribution in [2.24, 2.45) is 0 Å². The molecule has 2 amide bonds. The van der Waals surface area contributed by atoms with Crippen LogP contribution in [0.15, 0.2) is 0 Å². The van der Waals surface area contributed by atoms with Crippen LogP contribution in [0.25, 0.3) is 0 Å². The normalized spacial score (nSPS) is 28.1. The lowest BCUT2D eigenvalue weighted by Gasteiger charge is -2.37. The fraction of sp³-hybridized carbons (Fsp3) is 0.818. The Morgan fingerprint density at radius 1 is 1.38 bits per heavy atom. The van der Waals surface area contributed by atoms with Crippen molar-refractivity contribution in [1.82, 2.24) is 15.1 Å². The molecule has 5 nitrogen and oxygen atoms in total. The van der Waals surface area contributed by atoms with Gasteiger partial charge in [-0.1, -0.05) is 6.42 Å². The fourth-order valence-electron chi connectivity index (χ4n) is 2.40. The Morgan fingerprint density at radius 3 is 2.94 bits per heavy atom. The van der Waals surface area contributed by atoms with Crippen LogP contribution < -0.4 is 5.32 Å². The van der Waals surface area contributed by atoms with E-state index in [0.717, 1.165) is 13.0 Å². The highest BCUT2D eigenvalue weighted by Gasteiger charge is 2.28. The third-order valence-electron chi connectivity index (χ3n) is 3.48. The van der Waals surface area contributed by atoms with Crippen LogP contribution in [-0.2, 0) is 9.59 Å². The molecule has 2 heterocycles. The van der Waals surface area contributed by atoms with Crippen LogP contribution in [-0.4, -0.2) is 60.9 Å². The van der Waals surface area contributed by atoms with Gasteiger partial charge in [0.15, 0.2) is 0 Å². The van der Waals surface area contributed by atoms with E-state index >= 15 is 0 Å². The Balaban J connectivity index is 1.91. The number of likely N-dealkylation sites (N-methyl/N-ethyl adjacent to an activating group) is 1. The summed E-state index contributed by atoms with van der Waals surface area (Å²) in [7, 11) is 2.10. The van der Waals surface area contributed by atoms with Crippen LogP contribution in [0.4, 0.5) is 0 Å². The number of rotatable bonds is 2. The Bertz CT molecular complexity index is 293. The van der Waals surface area contributed by atoms with Gasteiger partial charge in [-0.2, -0.15) is 0 Å². The Hall–Kier alpha value is -1.10. The SMILES string of the molecule is CN1CCCCC1CN1CC(=O)NCC1=O. The summed E-state index contributed by atoms with van der Waals surface area (Å²) in [5.74, 6) is -0.00311. The van der Waals surface area contributed by atoms with Crippen LogP contribution in [0.5, 0.6) is 0 Å². The Morgan fingerprint density at radius 2 is 2.19 bits per heavy atom. The summed E-state index contributed by atoms with van der Waals surface area (Å²) in [6.45, 7) is 2.18. The molecule has 90 valence electrons. The van der Waals surface area contributed by atoms with Crippen molar-refractivity contribution in [3.05, 3.63) is 0 Å². The minimum atomic E-state index is -0.0435. The summed E-state index contributed by atoms with van der Waals surface area (Å²) >= 11 is 0. The quantitative estimate of drug-likeness (QED) is 0.684. The second-order valence-corrected chi connectivity index (χ2v) is 4.68. The molecule has 2 aliphatic heterocycles. The molecule has 1 N–H and O–H groups in total. The number of nitrogens with zero attached hydrogens (tertiary/aromatic N) is 2. The standard InChI is InChI=1S/C11H19N3O2/c1-13-5-3-2-4-9(13)7-14-8-10(15)12-6-11(14)16/h9H,2-8H2,1H3,(H,12,15). The number of carbonyl (C=O) groups excluding carboxylic acids is 2. The summed E-state index contributed by atoms with van der Waals surface area (Å²) in [6.07, 6.45) is 3.59. The monoisotopic (exact) mass is 225 g/mol. The lowest BCUT2D eigenvalue weighted by molar-refractivity contribution is -0.141. The molecule has 2 saturated heterocycles. The number of piperidine rings is 1. The number of piperazine rings is 1. The van der Waals surface area contributed by atoms with E-state index in [4.69, 9.17) is 0 Å². The van der Waals surface area contributed by atoms with Gasteiger partial charge in [0.1, 0.15) is 0 Å². The van der Waals surface area contributed by atoms with Gasteiger partial charge in [0.2, 0.25) is 11.8 Å². The van der Waals surface area contributed by atoms with Gasteiger partial charge in [-0.05, 0) is 26.4 Å². The molecule has 0 radical (unpaired) electrons. The average Bonchev–Trinajstić information content (AvgIpc) is 2.27. The molecule has 0 aromatic rings. The third kappa shape index (κ3) is 2.52. The molecule has 2 rings (SSSR count). The van der Waals surface area contributed by atoms with Crippen LogP contribution in [0.2, 0.25) is 0 Å². The van der Waals surface area contributed by atoms with Crippen molar-refractivity contribution in [2.75, 3.05) is 33.2 Å². The van der Waals surface area contributed by atoms with Crippen molar-refractivity contribution >= 4 is 11.8 Å². The summed E-state index contributed by atoms with van der Waals surface area (Å²) in [5, 5.41) is 2.57. The number of carbonyl (C=O) groups is 2. The largest absolute Gasteiger partial charge is 0.345 e. The summed E-state index contributed by atoms with van der Waals surface area (Å²) in [5.41, 5.74) is 0. The van der Waals surface area contributed by atoms with E-state index < -0.39 is 0 Å². The van der Waals surface area contributed by atoms with Gasteiger partial charge in [0.05, 0.1) is 13.1 Å². The second-order valence-electron chi connectivity index (χ2n) is 4.68. The predicted octanol–water partition coefficient (Wildman–Crippen LogP) is -0.571. The van der Waals surface area contributed by atoms with Crippen molar-refractivity contribution in [2.45, 2.75) is 25.3 Å². The molecule has 16 heavy (non-hydrogen) atoms. The van der Waals surface area contributed by atoms with E-state index in [1.54, 1.807) is 4.90 Å². The summed E-state index contributed by atoms with van der Waals surface area (Å²) in [4.78, 5) is 26.8. The number of hydrogen-bond acceptors (Lipinski definition) is 3. The molecular weight excluding hydrogens is 206 g/mol. The van der Waals surface area contributed by atoms with Crippen molar-refractivity contribution in [1.29, 1.82) is 0 Å². The number of hydrogen-bond donors (Lipinski definition) is 1. The van der Waals surface area contributed by atoms with Crippen LogP contribution in [0, 0.1) is 0 Å². The maximum Gasteiger partial charge on any atom is 0.242 e. The molecule has 0 aliphatic carbocycles. The third-order valence-corrected chi connectivity index (χ3v) is 3.48. The minimum absolute atomic E-state index is 0.0403. The molecule has 5 heteroatoms. The van der Waals surface area contributed by atoms with Gasteiger partial charge in [-0.3, -0.25) is 9.59 Å². The number of nitrogens with one attached hydrogen (secondary N) is 1. The zero-order valence-corrected chi connectivity index (χ0v) is 9.74. The summed E-state index contributed by atoms with van der Waals surface area (Å²) < 4.78 is 0. The highest BCUT2D eigenvalue weighted by Crippen LogP contribution is 2.16. The zero-order valence-electron chi connectivity index (χ0n) is 9.74. The molecule has 2 fully saturated rings. The topological polar surface area (TPSA) is 52.6 Å². The lowest BCUT2D eigenvalue weighted by Crippen LogP contribution is -2.55. The van der Waals surface area contributed by atoms with Crippen LogP contribution >= 0.6 is 0 Å². The van der Waals surface area contributed by atoms with Gasteiger partial charge in [-0.15, -0.1) is 0 Å². The first-order valence-electron chi connectivity index (χ1n) is 5.91. The molecule has 2 aliphatic rings. The second kappa shape index (κ2) is 4.82. The first-order valence-corrected chi connectivity index (χ1v) is 5.91.